The maximum Gasteiger partial charge on any atom is 0.0576 e. The maximum absolute atomic E-state index is 5.76. The molecule has 3 heteroatoms. The van der Waals surface area contributed by atoms with Crippen molar-refractivity contribution in [3.63, 3.8) is 0 Å². The minimum Gasteiger partial charge on any atom is -0.378 e. The molecule has 1 saturated heterocycles. The van der Waals surface area contributed by atoms with E-state index in [2.05, 4.69) is 29.5 Å². The van der Waals surface area contributed by atoms with Gasteiger partial charge >= 0.3 is 0 Å². The van der Waals surface area contributed by atoms with Crippen LogP contribution in [-0.4, -0.2) is 30.8 Å². The normalized spacial score (nSPS) is 27.2. The Morgan fingerprint density at radius 1 is 1.40 bits per heavy atom. The molecule has 0 bridgehead atoms. The number of likely N-dealkylation sites (N-methyl/N-ethyl adjacent to an activating group) is 1. The van der Waals surface area contributed by atoms with E-state index in [1.807, 2.05) is 6.20 Å². The number of nitrogens with one attached hydrogen (secondary N) is 1. The predicted octanol–water partition coefficient (Wildman–Crippen LogP) is 3.05. The topological polar surface area (TPSA) is 34.1 Å². The first kappa shape index (κ1) is 14.0. The molecule has 110 valence electrons. The third kappa shape index (κ3) is 3.04. The molecule has 3 nitrogen and oxygen atoms in total. The number of aryl methyl sites for hydroxylation is 1. The quantitative estimate of drug-likeness (QED) is 0.896. The molecule has 0 aromatic carbocycles. The van der Waals surface area contributed by atoms with Crippen molar-refractivity contribution in [3.05, 3.63) is 29.6 Å². The van der Waals surface area contributed by atoms with Crippen LogP contribution in [0.1, 0.15) is 55.7 Å². The highest BCUT2D eigenvalue weighted by Gasteiger charge is 2.29. The first-order valence-electron chi connectivity index (χ1n) is 8.11. The van der Waals surface area contributed by atoms with Crippen LogP contribution in [0, 0.1) is 0 Å². The smallest absolute Gasteiger partial charge is 0.0576 e. The summed E-state index contributed by atoms with van der Waals surface area (Å²) in [6.45, 7) is 0.961. The van der Waals surface area contributed by atoms with Gasteiger partial charge in [-0.05, 0) is 63.6 Å². The lowest BCUT2D eigenvalue weighted by atomic mass is 9.80. The molecule has 3 unspecified atom stereocenters. The van der Waals surface area contributed by atoms with Crippen LogP contribution in [0.4, 0.5) is 0 Å². The van der Waals surface area contributed by atoms with Crippen molar-refractivity contribution in [1.29, 1.82) is 0 Å². The molecule has 2 heterocycles. The van der Waals surface area contributed by atoms with Gasteiger partial charge in [0.05, 0.1) is 6.10 Å². The Kier molecular flexibility index (Phi) is 4.69. The Bertz CT molecular complexity index is 429. The highest BCUT2D eigenvalue weighted by Crippen LogP contribution is 2.34. The zero-order chi connectivity index (χ0) is 13.8. The maximum atomic E-state index is 5.76. The molecule has 3 atom stereocenters. The van der Waals surface area contributed by atoms with Crippen molar-refractivity contribution in [2.45, 2.75) is 63.0 Å². The average molecular weight is 274 g/mol. The van der Waals surface area contributed by atoms with E-state index in [0.29, 0.717) is 18.1 Å². The summed E-state index contributed by atoms with van der Waals surface area (Å²) in [5, 5.41) is 3.54. The first-order valence-corrected chi connectivity index (χ1v) is 8.11. The van der Waals surface area contributed by atoms with Crippen molar-refractivity contribution >= 4 is 0 Å². The third-order valence-electron chi connectivity index (χ3n) is 4.92. The van der Waals surface area contributed by atoms with E-state index in [1.165, 1.54) is 56.2 Å². The molecule has 1 aromatic heterocycles. The number of ether oxygens (including phenoxy) is 1. The molecule has 0 radical (unpaired) electrons. The molecule has 1 fully saturated rings. The van der Waals surface area contributed by atoms with E-state index in [-0.39, 0.29) is 0 Å². The van der Waals surface area contributed by atoms with E-state index in [9.17, 15) is 0 Å². The van der Waals surface area contributed by atoms with Crippen molar-refractivity contribution in [3.8, 4) is 0 Å². The van der Waals surface area contributed by atoms with Crippen molar-refractivity contribution in [1.82, 2.24) is 10.3 Å². The van der Waals surface area contributed by atoms with Gasteiger partial charge in [0.25, 0.3) is 0 Å². The molecule has 0 saturated carbocycles. The molecule has 3 rings (SSSR count). The number of nitrogens with zero attached hydrogens (tertiary/aromatic N) is 1. The summed E-state index contributed by atoms with van der Waals surface area (Å²) in [4.78, 5) is 4.68. The Hall–Kier alpha value is -0.930. The van der Waals surface area contributed by atoms with Crippen molar-refractivity contribution in [2.75, 3.05) is 13.7 Å². The minimum absolute atomic E-state index is 0.498. The third-order valence-corrected chi connectivity index (χ3v) is 4.92. The summed E-state index contributed by atoms with van der Waals surface area (Å²) in [5.74, 6) is 0.575. The molecule has 1 aliphatic heterocycles. The summed E-state index contributed by atoms with van der Waals surface area (Å²) in [5.41, 5.74) is 2.80. The summed E-state index contributed by atoms with van der Waals surface area (Å²) in [6, 6.07) is 4.86. The lowest BCUT2D eigenvalue weighted by Gasteiger charge is -2.31. The van der Waals surface area contributed by atoms with Crippen LogP contribution < -0.4 is 5.32 Å². The van der Waals surface area contributed by atoms with Gasteiger partial charge < -0.3 is 10.1 Å². The van der Waals surface area contributed by atoms with Crippen LogP contribution in [-0.2, 0) is 11.2 Å². The molecule has 0 amide bonds. The van der Waals surface area contributed by atoms with E-state index >= 15 is 0 Å². The molecule has 2 aliphatic rings. The van der Waals surface area contributed by atoms with Gasteiger partial charge in [-0.3, -0.25) is 4.98 Å². The molecular formula is C17H26N2O. The monoisotopic (exact) mass is 274 g/mol. The molecule has 1 aromatic rings. The zero-order valence-corrected chi connectivity index (χ0v) is 12.5. The van der Waals surface area contributed by atoms with Crippen LogP contribution in [0.2, 0.25) is 0 Å². The van der Waals surface area contributed by atoms with E-state index in [1.54, 1.807) is 0 Å². The fraction of sp³-hybridized carbons (Fsp3) is 0.706. The van der Waals surface area contributed by atoms with Gasteiger partial charge in [-0.25, -0.2) is 0 Å². The lowest BCUT2D eigenvalue weighted by molar-refractivity contribution is 0.0985. The highest BCUT2D eigenvalue weighted by atomic mass is 16.5. The minimum atomic E-state index is 0.498. The number of pyridine rings is 1. The number of hydrogen-bond acceptors (Lipinski definition) is 3. The molecule has 0 spiro atoms. The number of fused-ring (bicyclic) bond motifs is 1. The van der Waals surface area contributed by atoms with Gasteiger partial charge in [-0.2, -0.15) is 0 Å². The van der Waals surface area contributed by atoms with E-state index in [4.69, 9.17) is 4.74 Å². The number of rotatable bonds is 5. The van der Waals surface area contributed by atoms with E-state index < -0.39 is 0 Å². The van der Waals surface area contributed by atoms with Gasteiger partial charge in [0, 0.05) is 30.5 Å². The van der Waals surface area contributed by atoms with Crippen LogP contribution in [0.25, 0.3) is 0 Å². The Labute approximate surface area is 122 Å². The molecule has 20 heavy (non-hydrogen) atoms. The Morgan fingerprint density at radius 3 is 3.15 bits per heavy atom. The van der Waals surface area contributed by atoms with Gasteiger partial charge in [0.2, 0.25) is 0 Å². The van der Waals surface area contributed by atoms with Crippen LogP contribution in [0.5, 0.6) is 0 Å². The largest absolute Gasteiger partial charge is 0.378 e. The van der Waals surface area contributed by atoms with Crippen LogP contribution >= 0.6 is 0 Å². The molecule has 1 aliphatic carbocycles. The predicted molar refractivity (Wildman–Crippen MR) is 81.0 cm³/mol. The fourth-order valence-corrected chi connectivity index (χ4v) is 3.82. The van der Waals surface area contributed by atoms with Gasteiger partial charge in [0.15, 0.2) is 0 Å². The zero-order valence-electron chi connectivity index (χ0n) is 12.5. The van der Waals surface area contributed by atoms with Gasteiger partial charge in [0.1, 0.15) is 0 Å². The first-order chi connectivity index (χ1) is 9.88. The number of hydrogen-bond donors (Lipinski definition) is 1. The van der Waals surface area contributed by atoms with Crippen LogP contribution in [0.3, 0.4) is 0 Å². The summed E-state index contributed by atoms with van der Waals surface area (Å²) in [6.07, 6.45) is 11.1. The standard InChI is InChI=1S/C17H26N2O/c1-18-16(10-9-14-7-4-12-20-14)15-8-2-5-13-6-3-11-19-17(13)15/h3,6,11,14-16,18H,2,4-5,7-10,12H2,1H3. The fourth-order valence-electron chi connectivity index (χ4n) is 3.82. The SMILES string of the molecule is CNC(CCC1CCCO1)C1CCCc2cccnc21. The Balaban J connectivity index is 1.66. The molecular weight excluding hydrogens is 248 g/mol. The molecule has 1 N–H and O–H groups in total. The highest BCUT2D eigenvalue weighted by molar-refractivity contribution is 5.27. The second-order valence-electron chi connectivity index (χ2n) is 6.15. The second-order valence-corrected chi connectivity index (χ2v) is 6.15. The van der Waals surface area contributed by atoms with E-state index in [0.717, 1.165) is 6.61 Å². The lowest BCUT2D eigenvalue weighted by Crippen LogP contribution is -2.35. The van der Waals surface area contributed by atoms with Crippen molar-refractivity contribution in [2.24, 2.45) is 0 Å². The Morgan fingerprint density at radius 2 is 2.35 bits per heavy atom. The summed E-state index contributed by atoms with van der Waals surface area (Å²) >= 11 is 0. The van der Waals surface area contributed by atoms with Crippen molar-refractivity contribution < 1.29 is 4.74 Å². The average Bonchev–Trinajstić information content (AvgIpc) is 3.01. The summed E-state index contributed by atoms with van der Waals surface area (Å²) in [7, 11) is 2.09. The second kappa shape index (κ2) is 6.68. The van der Waals surface area contributed by atoms with Gasteiger partial charge in [-0.15, -0.1) is 0 Å². The number of aromatic nitrogens is 1. The summed E-state index contributed by atoms with van der Waals surface area (Å²) < 4.78 is 5.76. The van der Waals surface area contributed by atoms with Gasteiger partial charge in [-0.1, -0.05) is 6.07 Å². The van der Waals surface area contributed by atoms with Crippen LogP contribution in [0.15, 0.2) is 18.3 Å².